The van der Waals surface area contributed by atoms with Gasteiger partial charge in [-0.05, 0) is 193 Å². The Balaban J connectivity index is 0.000000146. The molecule has 0 fully saturated rings. The highest BCUT2D eigenvalue weighted by Gasteiger charge is 2.31. The lowest BCUT2D eigenvalue weighted by Crippen LogP contribution is -2.32. The van der Waals surface area contributed by atoms with Crippen LogP contribution in [0.5, 0.6) is 0 Å². The van der Waals surface area contributed by atoms with Gasteiger partial charge in [-0.15, -0.1) is 0 Å². The maximum absolute atomic E-state index is 8.85. The van der Waals surface area contributed by atoms with E-state index in [1.165, 1.54) is 59.6 Å². The summed E-state index contributed by atoms with van der Waals surface area (Å²) in [6.45, 7) is 43.7. The summed E-state index contributed by atoms with van der Waals surface area (Å²) in [5.74, 6) is -3.31. The summed E-state index contributed by atoms with van der Waals surface area (Å²) >= 11 is 0. The molecule has 0 saturated carbocycles. The molecular weight excluding hydrogens is 1450 g/mol. The highest BCUT2D eigenvalue weighted by Crippen LogP contribution is 2.44. The summed E-state index contributed by atoms with van der Waals surface area (Å²) in [4.78, 5) is 18.9. The molecule has 2 atom stereocenters. The zero-order valence-electron chi connectivity index (χ0n) is 84.9. The first kappa shape index (κ1) is 72.5. The van der Waals surface area contributed by atoms with Gasteiger partial charge in [0.25, 0.3) is 0 Å². The van der Waals surface area contributed by atoms with Crippen LogP contribution < -0.4 is 18.3 Å². The number of rotatable bonds is 16. The molecule has 12 heterocycles. The van der Waals surface area contributed by atoms with Crippen molar-refractivity contribution in [2.75, 3.05) is 0 Å². The first-order valence-corrected chi connectivity index (χ1v) is 42.2. The van der Waals surface area contributed by atoms with Gasteiger partial charge in [-0.25, -0.2) is 38.2 Å². The van der Waals surface area contributed by atoms with Gasteiger partial charge in [0.2, 0.25) is 45.6 Å². The monoisotopic (exact) mass is 1590 g/mol. The number of aryl methyl sites for hydroxylation is 10. The summed E-state index contributed by atoms with van der Waals surface area (Å²) < 4.78 is 117. The van der Waals surface area contributed by atoms with Crippen LogP contribution in [0.4, 0.5) is 0 Å². The van der Waals surface area contributed by atoms with Gasteiger partial charge in [-0.3, -0.25) is 0 Å². The maximum Gasteiger partial charge on any atom is 0.227 e. The second kappa shape index (κ2) is 34.3. The van der Waals surface area contributed by atoms with Gasteiger partial charge in [0.1, 0.15) is 28.2 Å². The number of aromatic nitrogens is 8. The third-order valence-electron chi connectivity index (χ3n) is 23.5. The van der Waals surface area contributed by atoms with Crippen LogP contribution in [0.2, 0.25) is 0 Å². The van der Waals surface area contributed by atoms with Gasteiger partial charge in [0.15, 0.2) is 47.1 Å². The maximum atomic E-state index is 8.85. The Morgan fingerprint density at radius 2 is 0.534 bits per heavy atom. The van der Waals surface area contributed by atoms with E-state index < -0.39 is 37.3 Å². The SMILES string of the molecule is Cc1ccc2c(oc3nc(C(C)C)ccc32)c1-c1cc(C(C)C)c(C(C)C)c[n+]1C.[2H]C(C)(C)c1cc(-c2c(C)ccc3c2oc2nc(C(C)C)ccc23)[n+](C)cc1C(C)C.[2H]C(C)(C)c1cc(-c2c(C)ccc3c2oc2nc(CC)ccc23)[n+](C)cc1C(C)C.[2H]C([2H])([2H])C([2H])(C)c1cc(-c2c(C)ccc3c2oc2nc(CC)ccc23)[n+](C)cc1C([2H])(C)C([2H])([2H])[2H]. The van der Waals surface area contributed by atoms with Gasteiger partial charge < -0.3 is 17.7 Å². The Bertz CT molecular complexity index is 6980. The summed E-state index contributed by atoms with van der Waals surface area (Å²) in [5.41, 5.74) is 29.4. The van der Waals surface area contributed by atoms with Crippen molar-refractivity contribution >= 4 is 88.3 Å². The lowest BCUT2D eigenvalue weighted by Gasteiger charge is -2.16. The Labute approximate surface area is 714 Å². The van der Waals surface area contributed by atoms with Crippen LogP contribution in [-0.4, -0.2) is 19.9 Å². The van der Waals surface area contributed by atoms with Crippen LogP contribution >= 0.6 is 0 Å². The molecule has 16 aromatic rings. The van der Waals surface area contributed by atoms with E-state index in [4.69, 9.17) is 46.3 Å². The van der Waals surface area contributed by atoms with Gasteiger partial charge in [0.05, 0.1) is 22.3 Å². The topological polar surface area (TPSA) is 120 Å². The van der Waals surface area contributed by atoms with Crippen LogP contribution in [0.3, 0.4) is 0 Å². The summed E-state index contributed by atoms with van der Waals surface area (Å²) in [6.07, 6.45) is 9.77. The molecule has 12 heteroatoms. The smallest absolute Gasteiger partial charge is 0.227 e. The molecule has 0 N–H and O–H groups in total. The Morgan fingerprint density at radius 1 is 0.288 bits per heavy atom. The number of hydrogen-bond acceptors (Lipinski definition) is 8. The molecule has 0 amide bonds. The lowest BCUT2D eigenvalue weighted by molar-refractivity contribution is -0.661. The number of nitrogens with zero attached hydrogens (tertiary/aromatic N) is 8. The number of pyridine rings is 8. The minimum atomic E-state index is -2.77. The first-order valence-electron chi connectivity index (χ1n) is 47.2. The minimum Gasteiger partial charge on any atom is -0.437 e. The van der Waals surface area contributed by atoms with Gasteiger partial charge in [0, 0.05) is 126 Å². The molecule has 4 aromatic carbocycles. The van der Waals surface area contributed by atoms with Crippen molar-refractivity contribution in [3.05, 3.63) is 236 Å². The van der Waals surface area contributed by atoms with Crippen LogP contribution in [-0.2, 0) is 41.0 Å². The number of furan rings is 4. The van der Waals surface area contributed by atoms with Crippen molar-refractivity contribution in [1.82, 2.24) is 19.9 Å². The molecule has 0 radical (unpaired) electrons. The molecule has 0 bridgehead atoms. The Kier molecular flexibility index (Phi) is 21.1. The molecule has 0 spiro atoms. The zero-order valence-corrected chi connectivity index (χ0v) is 74.9. The highest BCUT2D eigenvalue weighted by molar-refractivity contribution is 6.12. The predicted octanol–water partition coefficient (Wildman–Crippen LogP) is 27.5. The quantitative estimate of drug-likeness (QED) is 0.0878. The number of hydrogen-bond donors (Lipinski definition) is 0. The van der Waals surface area contributed by atoms with E-state index in [1.54, 1.807) is 11.6 Å². The molecule has 612 valence electrons. The second-order valence-corrected chi connectivity index (χ2v) is 34.9. The molecule has 12 nitrogen and oxygen atoms in total. The fourth-order valence-corrected chi connectivity index (χ4v) is 16.7. The van der Waals surface area contributed by atoms with E-state index in [0.717, 1.165) is 157 Å². The fraction of sp³-hybridized carbons (Fsp3) is 0.396. The predicted molar refractivity (Wildman–Crippen MR) is 491 cm³/mol. The largest absolute Gasteiger partial charge is 0.437 e. The molecule has 0 aliphatic carbocycles. The zero-order chi connectivity index (χ0) is 93.9. The van der Waals surface area contributed by atoms with Crippen molar-refractivity contribution < 1.29 is 49.6 Å². The standard InChI is InChI=1S/2C27H33N2O.2C26H31N2O/c2*1-15(2)21-13-24(29(8)14-22(21)16(3)4)25-18(7)9-10-19-20-11-12-23(17(5)6)28-27(20)30-26(19)25;2*1-8-18-10-12-20-19-11-9-17(6)24(25(19)29-26(20)27-18)23-13-21(15(2)3)22(16(4)5)14-28(23)7/h2*9-17H,1-8H3;2*9-16H,8H2,1-7H3/q4*+1/i15D;;2D3,4D3,15D,16D;15D. The van der Waals surface area contributed by atoms with Gasteiger partial charge in [-0.1, -0.05) is 201 Å². The Hall–Kier alpha value is -10.7. The molecule has 0 saturated heterocycles. The number of fused-ring (bicyclic) bond motifs is 12. The molecule has 16 rings (SSSR count). The Morgan fingerprint density at radius 3 is 0.805 bits per heavy atom. The molecule has 0 aliphatic rings. The highest BCUT2D eigenvalue weighted by atomic mass is 16.4. The van der Waals surface area contributed by atoms with Crippen LogP contribution in [0, 0.1) is 27.7 Å². The van der Waals surface area contributed by atoms with Crippen molar-refractivity contribution in [2.45, 2.75) is 252 Å². The van der Waals surface area contributed by atoms with E-state index in [1.807, 2.05) is 65.8 Å². The van der Waals surface area contributed by atoms with Crippen LogP contribution in [0.15, 0.2) is 164 Å². The fourth-order valence-electron chi connectivity index (χ4n) is 16.7. The number of benzene rings is 4. The average Bonchev–Trinajstić information content (AvgIpc) is 1.19. The molecule has 12 aromatic heterocycles. The summed E-state index contributed by atoms with van der Waals surface area (Å²) in [7, 11) is 8.01. The van der Waals surface area contributed by atoms with Crippen LogP contribution in [0.25, 0.3) is 133 Å². The lowest BCUT2D eigenvalue weighted by atomic mass is 9.90. The summed E-state index contributed by atoms with van der Waals surface area (Å²) in [5, 5.41) is 8.16. The minimum absolute atomic E-state index is 0.0314. The molecule has 0 aliphatic heterocycles. The van der Waals surface area contributed by atoms with Crippen molar-refractivity contribution in [1.29, 1.82) is 0 Å². The molecular formula is C106H128N8O4+4. The van der Waals surface area contributed by atoms with Crippen molar-refractivity contribution in [2.24, 2.45) is 28.2 Å². The van der Waals surface area contributed by atoms with E-state index in [0.29, 0.717) is 69.5 Å². The average molecular weight is 1590 g/mol. The van der Waals surface area contributed by atoms with Gasteiger partial charge >= 0.3 is 0 Å². The van der Waals surface area contributed by atoms with Crippen molar-refractivity contribution in [3.63, 3.8) is 0 Å². The third kappa shape index (κ3) is 16.3. The van der Waals surface area contributed by atoms with E-state index in [9.17, 15) is 0 Å². The first-order chi connectivity index (χ1) is 59.7. The van der Waals surface area contributed by atoms with Crippen LogP contribution in [0.1, 0.15) is 315 Å². The molecule has 2 unspecified atom stereocenters. The summed E-state index contributed by atoms with van der Waals surface area (Å²) in [6, 6.07) is 41.7. The van der Waals surface area contributed by atoms with E-state index in [2.05, 4.69) is 260 Å². The second-order valence-electron chi connectivity index (χ2n) is 34.9. The molecule has 118 heavy (non-hydrogen) atoms. The van der Waals surface area contributed by atoms with Crippen molar-refractivity contribution in [3.8, 4) is 45.0 Å². The van der Waals surface area contributed by atoms with E-state index >= 15 is 0 Å². The van der Waals surface area contributed by atoms with E-state index in [-0.39, 0.29) is 11.1 Å². The third-order valence-corrected chi connectivity index (χ3v) is 23.5. The van der Waals surface area contributed by atoms with Gasteiger partial charge in [-0.2, -0.15) is 0 Å². The normalized spacial score (nSPS) is 14.8.